The summed E-state index contributed by atoms with van der Waals surface area (Å²) >= 11 is -0.361. The molecule has 4 bridgehead atoms. The van der Waals surface area contributed by atoms with Crippen molar-refractivity contribution in [1.29, 1.82) is 0 Å². The molecular formula is C31H31FIO4+. The smallest absolute Gasteiger partial charge is 0.357 e. The van der Waals surface area contributed by atoms with Gasteiger partial charge in [-0.05, 0) is 135 Å². The van der Waals surface area contributed by atoms with Crippen molar-refractivity contribution < 1.29 is 44.6 Å². The van der Waals surface area contributed by atoms with E-state index in [2.05, 4.69) is 19.1 Å². The molecule has 0 spiro atoms. The Balaban J connectivity index is 0.989. The molecule has 4 nitrogen and oxygen atoms in total. The van der Waals surface area contributed by atoms with Crippen molar-refractivity contribution in [3.05, 3.63) is 85.8 Å². The van der Waals surface area contributed by atoms with Gasteiger partial charge in [-0.1, -0.05) is 0 Å². The summed E-state index contributed by atoms with van der Waals surface area (Å²) < 4.78 is 33.3. The second kappa shape index (κ2) is 10.3. The lowest BCUT2D eigenvalue weighted by molar-refractivity contribution is -0.597. The highest BCUT2D eigenvalue weighted by Gasteiger charge is 2.57. The number of hydrogen-bond acceptors (Lipinski definition) is 4. The molecule has 0 N–H and O–H groups in total. The Kier molecular flexibility index (Phi) is 6.86. The highest BCUT2D eigenvalue weighted by molar-refractivity contribution is 5.71. The van der Waals surface area contributed by atoms with Gasteiger partial charge in [0, 0.05) is 0 Å². The van der Waals surface area contributed by atoms with Gasteiger partial charge in [0.15, 0.2) is 13.7 Å². The van der Waals surface area contributed by atoms with Gasteiger partial charge in [-0.2, -0.15) is 0 Å². The van der Waals surface area contributed by atoms with Gasteiger partial charge in [-0.3, -0.25) is 0 Å². The van der Waals surface area contributed by atoms with Crippen molar-refractivity contribution in [2.45, 2.75) is 44.6 Å². The standard InChI is InChI=1S/C31H31FIO4/c1-31(22-15-20-14-21(17-22)18-23(31)16-20)37-30(34)19-35-27-10-12-29(13-11-27)36-28-8-6-26(7-9-28)33-25-4-2-24(32)3-5-25/h2-13,20-23H,14-19H2,1H3/q+1. The van der Waals surface area contributed by atoms with Gasteiger partial charge in [-0.15, -0.1) is 0 Å². The van der Waals surface area contributed by atoms with Gasteiger partial charge < -0.3 is 14.2 Å². The molecule has 4 saturated carbocycles. The third kappa shape index (κ3) is 5.49. The summed E-state index contributed by atoms with van der Waals surface area (Å²) in [5, 5.41) is 0. The zero-order chi connectivity index (χ0) is 25.4. The van der Waals surface area contributed by atoms with E-state index in [1.807, 2.05) is 48.5 Å². The minimum atomic E-state index is -0.361. The molecular weight excluding hydrogens is 582 g/mol. The summed E-state index contributed by atoms with van der Waals surface area (Å²) in [5.41, 5.74) is -0.331. The van der Waals surface area contributed by atoms with Crippen LogP contribution in [0.3, 0.4) is 0 Å². The fourth-order valence-electron chi connectivity index (χ4n) is 6.63. The Bertz CT molecular complexity index is 1210. The molecule has 4 aliphatic carbocycles. The largest absolute Gasteiger partial charge is 0.482 e. The first kappa shape index (κ1) is 24.7. The van der Waals surface area contributed by atoms with E-state index in [-0.39, 0.29) is 45.2 Å². The fourth-order valence-corrected chi connectivity index (χ4v) is 8.79. The second-order valence-corrected chi connectivity index (χ2v) is 13.8. The number of ether oxygens (including phenoxy) is 3. The third-order valence-electron chi connectivity index (χ3n) is 8.34. The van der Waals surface area contributed by atoms with Gasteiger partial charge in [0.25, 0.3) is 0 Å². The van der Waals surface area contributed by atoms with Crippen LogP contribution in [-0.2, 0) is 9.53 Å². The van der Waals surface area contributed by atoms with Crippen molar-refractivity contribution in [1.82, 2.24) is 0 Å². The summed E-state index contributed by atoms with van der Waals surface area (Å²) in [6, 6.07) is 22.0. The average Bonchev–Trinajstić information content (AvgIpc) is 2.89. The van der Waals surface area contributed by atoms with Crippen LogP contribution in [0.2, 0.25) is 0 Å². The average molecular weight is 613 g/mol. The monoisotopic (exact) mass is 613 g/mol. The minimum Gasteiger partial charge on any atom is -0.482 e. The number of carbonyl (C=O) groups is 1. The lowest BCUT2D eigenvalue weighted by Gasteiger charge is -2.59. The first-order valence-corrected chi connectivity index (χ1v) is 15.2. The number of halogens is 2. The maximum absolute atomic E-state index is 13.1. The maximum Gasteiger partial charge on any atom is 0.357 e. The summed E-state index contributed by atoms with van der Waals surface area (Å²) in [4.78, 5) is 12.7. The van der Waals surface area contributed by atoms with Crippen LogP contribution in [0.1, 0.15) is 39.0 Å². The predicted molar refractivity (Wildman–Crippen MR) is 134 cm³/mol. The maximum atomic E-state index is 13.1. The van der Waals surface area contributed by atoms with Crippen molar-refractivity contribution in [2.24, 2.45) is 23.7 Å². The van der Waals surface area contributed by atoms with Gasteiger partial charge >= 0.3 is 27.2 Å². The number of benzene rings is 3. The van der Waals surface area contributed by atoms with E-state index < -0.39 is 0 Å². The van der Waals surface area contributed by atoms with Gasteiger partial charge in [0.2, 0.25) is 0 Å². The van der Waals surface area contributed by atoms with Crippen LogP contribution in [0.4, 0.5) is 4.39 Å². The van der Waals surface area contributed by atoms with E-state index >= 15 is 0 Å². The highest BCUT2D eigenvalue weighted by atomic mass is 127. The molecule has 192 valence electrons. The lowest BCUT2D eigenvalue weighted by atomic mass is 9.50. The summed E-state index contributed by atoms with van der Waals surface area (Å²) in [5.74, 6) is 4.24. The summed E-state index contributed by atoms with van der Waals surface area (Å²) in [6.07, 6.45) is 6.20. The molecule has 0 aliphatic heterocycles. The Morgan fingerprint density at radius 2 is 1.27 bits per heavy atom. The van der Waals surface area contributed by atoms with E-state index in [4.69, 9.17) is 14.2 Å². The Morgan fingerprint density at radius 1 is 0.784 bits per heavy atom. The summed E-state index contributed by atoms with van der Waals surface area (Å²) in [6.45, 7) is 2.07. The summed E-state index contributed by atoms with van der Waals surface area (Å²) in [7, 11) is 0. The first-order valence-electron chi connectivity index (χ1n) is 13.1. The van der Waals surface area contributed by atoms with Crippen LogP contribution in [0.15, 0.2) is 72.8 Å². The lowest BCUT2D eigenvalue weighted by Crippen LogP contribution is -3.61. The molecule has 7 rings (SSSR count). The van der Waals surface area contributed by atoms with Crippen molar-refractivity contribution in [3.8, 4) is 17.2 Å². The first-order chi connectivity index (χ1) is 17.9. The molecule has 3 aromatic carbocycles. The molecule has 0 radical (unpaired) electrons. The zero-order valence-electron chi connectivity index (χ0n) is 20.9. The van der Waals surface area contributed by atoms with E-state index in [9.17, 15) is 9.18 Å². The van der Waals surface area contributed by atoms with Crippen LogP contribution in [0, 0.1) is 36.6 Å². The van der Waals surface area contributed by atoms with Crippen LogP contribution < -0.4 is 30.7 Å². The normalized spacial score (nSPS) is 27.6. The molecule has 37 heavy (non-hydrogen) atoms. The Labute approximate surface area is 227 Å². The third-order valence-corrected chi connectivity index (χ3v) is 11.0. The van der Waals surface area contributed by atoms with E-state index in [1.54, 1.807) is 0 Å². The number of esters is 1. The highest BCUT2D eigenvalue weighted by Crippen LogP contribution is 2.59. The molecule has 0 amide bonds. The van der Waals surface area contributed by atoms with Crippen LogP contribution in [-0.4, -0.2) is 18.2 Å². The number of rotatable bonds is 8. The van der Waals surface area contributed by atoms with Crippen LogP contribution >= 0.6 is 0 Å². The topological polar surface area (TPSA) is 44.8 Å². The molecule has 0 unspecified atom stereocenters. The second-order valence-electron chi connectivity index (χ2n) is 10.8. The van der Waals surface area contributed by atoms with E-state index in [0.717, 1.165) is 17.6 Å². The van der Waals surface area contributed by atoms with Crippen molar-refractivity contribution in [3.63, 3.8) is 0 Å². The molecule has 3 aromatic rings. The molecule has 0 saturated heterocycles. The van der Waals surface area contributed by atoms with Crippen molar-refractivity contribution in [2.75, 3.05) is 6.61 Å². The fraction of sp³-hybridized carbons (Fsp3) is 0.387. The van der Waals surface area contributed by atoms with E-state index in [0.29, 0.717) is 23.3 Å². The molecule has 6 heteroatoms. The molecule has 0 atom stereocenters. The molecule has 0 aromatic heterocycles. The molecule has 4 aliphatic rings. The van der Waals surface area contributed by atoms with Gasteiger partial charge in [0.1, 0.15) is 28.7 Å². The minimum absolute atomic E-state index is 0.0827. The predicted octanol–water partition coefficient (Wildman–Crippen LogP) is 3.88. The molecule has 4 fully saturated rings. The van der Waals surface area contributed by atoms with E-state index in [1.165, 1.54) is 51.4 Å². The quantitative estimate of drug-likeness (QED) is 0.286. The SMILES string of the molecule is CC1(OC(=O)COc2ccc(Oc3ccc([I+]c4ccc(F)cc4)cc3)cc2)C2CC3CC(C2)CC1C3. The number of hydrogen-bond donors (Lipinski definition) is 0. The van der Waals surface area contributed by atoms with Gasteiger partial charge in [-0.25, -0.2) is 9.18 Å². The van der Waals surface area contributed by atoms with Gasteiger partial charge in [0.05, 0.1) is 0 Å². The van der Waals surface area contributed by atoms with Crippen molar-refractivity contribution >= 4 is 5.97 Å². The van der Waals surface area contributed by atoms with Crippen LogP contribution in [0.5, 0.6) is 17.2 Å². The Morgan fingerprint density at radius 3 is 1.84 bits per heavy atom. The molecule has 0 heterocycles. The van der Waals surface area contributed by atoms with Crippen LogP contribution in [0.25, 0.3) is 0 Å². The number of carbonyl (C=O) groups excluding carboxylic acids is 1. The zero-order valence-corrected chi connectivity index (χ0v) is 23.0. The Hall–Kier alpha value is -2.61.